The van der Waals surface area contributed by atoms with Crippen molar-refractivity contribution in [3.63, 3.8) is 0 Å². The summed E-state index contributed by atoms with van der Waals surface area (Å²) in [6.07, 6.45) is 2.75. The molecular weight excluding hydrogens is 259 g/mol. The molecule has 1 aromatic carbocycles. The van der Waals surface area contributed by atoms with Crippen LogP contribution in [0.4, 0.5) is 10.2 Å². The molecule has 1 heterocycles. The van der Waals surface area contributed by atoms with Crippen molar-refractivity contribution in [2.75, 3.05) is 5.73 Å². The minimum atomic E-state index is -0.622. The highest BCUT2D eigenvalue weighted by Crippen LogP contribution is 2.28. The van der Waals surface area contributed by atoms with Gasteiger partial charge >= 0.3 is 0 Å². The average molecular weight is 272 g/mol. The molecule has 0 atom stereocenters. The molecule has 0 fully saturated rings. The molecule has 2 aromatic rings. The number of hydrogen-bond donors (Lipinski definition) is 1. The third kappa shape index (κ3) is 2.83. The van der Waals surface area contributed by atoms with Crippen LogP contribution in [0.5, 0.6) is 11.6 Å². The first-order chi connectivity index (χ1) is 9.65. The van der Waals surface area contributed by atoms with Crippen LogP contribution in [0.2, 0.25) is 0 Å². The van der Waals surface area contributed by atoms with Gasteiger partial charge in [-0.3, -0.25) is 0 Å². The molecule has 0 aliphatic carbocycles. The van der Waals surface area contributed by atoms with Gasteiger partial charge in [0.25, 0.3) is 0 Å². The Bertz CT molecular complexity index is 667. The van der Waals surface area contributed by atoms with E-state index in [2.05, 4.69) is 9.97 Å². The highest BCUT2D eigenvalue weighted by molar-refractivity contribution is 5.47. The van der Waals surface area contributed by atoms with Gasteiger partial charge in [-0.2, -0.15) is 5.26 Å². The van der Waals surface area contributed by atoms with Crippen molar-refractivity contribution in [3.8, 4) is 17.7 Å². The number of aromatic nitrogens is 2. The van der Waals surface area contributed by atoms with Crippen molar-refractivity contribution >= 4 is 5.82 Å². The van der Waals surface area contributed by atoms with E-state index in [0.29, 0.717) is 17.8 Å². The van der Waals surface area contributed by atoms with Gasteiger partial charge in [-0.15, -0.1) is 0 Å². The number of nitrogens with two attached hydrogens (primary N) is 1. The van der Waals surface area contributed by atoms with Gasteiger partial charge in [0.1, 0.15) is 12.1 Å². The normalized spacial score (nSPS) is 10.1. The number of benzene rings is 1. The predicted molar refractivity (Wildman–Crippen MR) is 71.6 cm³/mol. The van der Waals surface area contributed by atoms with E-state index in [-0.39, 0.29) is 17.2 Å². The highest BCUT2D eigenvalue weighted by atomic mass is 19.1. The Hall–Kier alpha value is -2.68. The Balaban J connectivity index is 2.35. The molecule has 6 heteroatoms. The smallest absolute Gasteiger partial charge is 0.227 e. The fraction of sp³-hybridized carbons (Fsp3) is 0.214. The molecule has 0 radical (unpaired) electrons. The van der Waals surface area contributed by atoms with Crippen LogP contribution >= 0.6 is 0 Å². The molecule has 20 heavy (non-hydrogen) atoms. The molecule has 0 aliphatic rings. The SMILES string of the molecule is CCCc1c(N)ncnc1Oc1ccc(C#N)cc1F. The van der Waals surface area contributed by atoms with Gasteiger partial charge in [0, 0.05) is 0 Å². The lowest BCUT2D eigenvalue weighted by atomic mass is 10.2. The van der Waals surface area contributed by atoms with Crippen molar-refractivity contribution in [2.45, 2.75) is 19.8 Å². The monoisotopic (exact) mass is 272 g/mol. The molecule has 0 unspecified atom stereocenters. The lowest BCUT2D eigenvalue weighted by molar-refractivity contribution is 0.421. The molecule has 102 valence electrons. The fourth-order valence-corrected chi connectivity index (χ4v) is 1.74. The molecule has 1 aromatic heterocycles. The minimum absolute atomic E-state index is 0.000506. The summed E-state index contributed by atoms with van der Waals surface area (Å²) >= 11 is 0. The van der Waals surface area contributed by atoms with Gasteiger partial charge in [0.05, 0.1) is 17.2 Å². The zero-order chi connectivity index (χ0) is 14.5. The number of anilines is 1. The number of nitrogen functional groups attached to an aromatic ring is 1. The molecule has 2 rings (SSSR count). The Morgan fingerprint density at radius 3 is 2.85 bits per heavy atom. The van der Waals surface area contributed by atoms with Gasteiger partial charge in [-0.25, -0.2) is 14.4 Å². The number of ether oxygens (including phenoxy) is 1. The van der Waals surface area contributed by atoms with Gasteiger partial charge in [0.2, 0.25) is 5.88 Å². The second-order valence-electron chi connectivity index (χ2n) is 4.15. The van der Waals surface area contributed by atoms with E-state index in [0.717, 1.165) is 12.5 Å². The molecule has 0 aliphatic heterocycles. The van der Waals surface area contributed by atoms with E-state index in [1.807, 2.05) is 13.0 Å². The van der Waals surface area contributed by atoms with Gasteiger partial charge < -0.3 is 10.5 Å². The Morgan fingerprint density at radius 2 is 2.20 bits per heavy atom. The van der Waals surface area contributed by atoms with Crippen LogP contribution < -0.4 is 10.5 Å². The van der Waals surface area contributed by atoms with Gasteiger partial charge in [-0.05, 0) is 24.6 Å². The first kappa shape index (κ1) is 13.7. The second kappa shape index (κ2) is 5.97. The van der Waals surface area contributed by atoms with Crippen LogP contribution in [0.15, 0.2) is 24.5 Å². The molecular formula is C14H13FN4O. The minimum Gasteiger partial charge on any atom is -0.435 e. The zero-order valence-electron chi connectivity index (χ0n) is 10.9. The Morgan fingerprint density at radius 1 is 1.40 bits per heavy atom. The maximum atomic E-state index is 13.8. The molecule has 0 bridgehead atoms. The number of halogens is 1. The van der Waals surface area contributed by atoms with Crippen molar-refractivity contribution in [2.24, 2.45) is 0 Å². The lowest BCUT2D eigenvalue weighted by Crippen LogP contribution is -2.03. The molecule has 0 amide bonds. The third-order valence-electron chi connectivity index (χ3n) is 2.71. The van der Waals surface area contributed by atoms with Crippen LogP contribution in [0, 0.1) is 17.1 Å². The molecule has 5 nitrogen and oxygen atoms in total. The average Bonchev–Trinajstić information content (AvgIpc) is 2.44. The summed E-state index contributed by atoms with van der Waals surface area (Å²) in [5, 5.41) is 8.70. The Labute approximate surface area is 115 Å². The van der Waals surface area contributed by atoms with E-state index < -0.39 is 5.82 Å². The zero-order valence-corrected chi connectivity index (χ0v) is 10.9. The van der Waals surface area contributed by atoms with Crippen LogP contribution in [0.3, 0.4) is 0 Å². The predicted octanol–water partition coefficient (Wildman–Crippen LogP) is 2.81. The first-order valence-electron chi connectivity index (χ1n) is 6.12. The van der Waals surface area contributed by atoms with E-state index in [1.165, 1.54) is 18.5 Å². The summed E-state index contributed by atoms with van der Waals surface area (Å²) in [4.78, 5) is 7.89. The largest absolute Gasteiger partial charge is 0.435 e. The maximum absolute atomic E-state index is 13.8. The topological polar surface area (TPSA) is 84.8 Å². The van der Waals surface area contributed by atoms with Crippen molar-refractivity contribution in [3.05, 3.63) is 41.5 Å². The lowest BCUT2D eigenvalue weighted by Gasteiger charge is -2.11. The van der Waals surface area contributed by atoms with E-state index in [1.54, 1.807) is 0 Å². The standard InChI is InChI=1S/C14H13FN4O/c1-2-3-10-13(17)18-8-19-14(10)20-12-5-4-9(7-16)6-11(12)15/h4-6,8H,2-3H2,1H3,(H2,17,18,19). The summed E-state index contributed by atoms with van der Waals surface area (Å²) < 4.78 is 19.2. The quantitative estimate of drug-likeness (QED) is 0.925. The van der Waals surface area contributed by atoms with E-state index >= 15 is 0 Å². The summed E-state index contributed by atoms with van der Waals surface area (Å²) in [7, 11) is 0. The van der Waals surface area contributed by atoms with Crippen LogP contribution in [-0.2, 0) is 6.42 Å². The summed E-state index contributed by atoms with van der Waals surface area (Å²) in [5.74, 6) is -0.0583. The summed E-state index contributed by atoms with van der Waals surface area (Å²) in [5.41, 5.74) is 6.66. The van der Waals surface area contributed by atoms with Gasteiger partial charge in [-0.1, -0.05) is 13.3 Å². The molecule has 0 saturated heterocycles. The maximum Gasteiger partial charge on any atom is 0.227 e. The summed E-state index contributed by atoms with van der Waals surface area (Å²) in [6.45, 7) is 1.98. The molecule has 0 saturated carbocycles. The van der Waals surface area contributed by atoms with Crippen molar-refractivity contribution < 1.29 is 9.13 Å². The van der Waals surface area contributed by atoms with E-state index in [9.17, 15) is 4.39 Å². The molecule has 2 N–H and O–H groups in total. The highest BCUT2D eigenvalue weighted by Gasteiger charge is 2.13. The van der Waals surface area contributed by atoms with Crippen LogP contribution in [-0.4, -0.2) is 9.97 Å². The second-order valence-corrected chi connectivity index (χ2v) is 4.15. The number of hydrogen-bond acceptors (Lipinski definition) is 5. The fourth-order valence-electron chi connectivity index (χ4n) is 1.74. The molecule has 0 spiro atoms. The first-order valence-corrected chi connectivity index (χ1v) is 6.12. The Kier molecular flexibility index (Phi) is 4.11. The van der Waals surface area contributed by atoms with Crippen LogP contribution in [0.25, 0.3) is 0 Å². The third-order valence-corrected chi connectivity index (χ3v) is 2.71. The van der Waals surface area contributed by atoms with Crippen molar-refractivity contribution in [1.82, 2.24) is 9.97 Å². The van der Waals surface area contributed by atoms with Gasteiger partial charge in [0.15, 0.2) is 11.6 Å². The summed E-state index contributed by atoms with van der Waals surface area (Å²) in [6, 6.07) is 5.83. The van der Waals surface area contributed by atoms with Crippen molar-refractivity contribution in [1.29, 1.82) is 5.26 Å². The number of nitrogens with zero attached hydrogens (tertiary/aromatic N) is 3. The number of rotatable bonds is 4. The number of nitriles is 1. The van der Waals surface area contributed by atoms with Crippen LogP contribution in [0.1, 0.15) is 24.5 Å². The van der Waals surface area contributed by atoms with E-state index in [4.69, 9.17) is 15.7 Å².